The summed E-state index contributed by atoms with van der Waals surface area (Å²) >= 11 is 0. The van der Waals surface area contributed by atoms with Crippen LogP contribution in [0.5, 0.6) is 5.75 Å². The molecule has 3 aromatic carbocycles. The van der Waals surface area contributed by atoms with Crippen molar-refractivity contribution in [1.29, 1.82) is 0 Å². The minimum absolute atomic E-state index is 0.0519. The van der Waals surface area contributed by atoms with Crippen LogP contribution in [0, 0.1) is 29.2 Å². The van der Waals surface area contributed by atoms with E-state index in [1.807, 2.05) is 0 Å². The van der Waals surface area contributed by atoms with E-state index in [1.165, 1.54) is 63.2 Å². The maximum absolute atomic E-state index is 15.2. The highest BCUT2D eigenvalue weighted by molar-refractivity contribution is 5.74. The van der Waals surface area contributed by atoms with Crippen LogP contribution in [0.2, 0.25) is 0 Å². The molecule has 40 heavy (non-hydrogen) atoms. The van der Waals surface area contributed by atoms with E-state index in [9.17, 15) is 8.78 Å². The van der Waals surface area contributed by atoms with Gasteiger partial charge in [-0.3, -0.25) is 0 Å². The molecule has 3 aromatic rings. The van der Waals surface area contributed by atoms with Gasteiger partial charge < -0.3 is 4.74 Å². The molecule has 0 aromatic heterocycles. The van der Waals surface area contributed by atoms with Crippen LogP contribution in [0.3, 0.4) is 0 Å². The maximum atomic E-state index is 15.2. The summed E-state index contributed by atoms with van der Waals surface area (Å²) in [5, 5.41) is 0. The molecule has 5 heteroatoms. The predicted molar refractivity (Wildman–Crippen MR) is 156 cm³/mol. The number of benzene rings is 3. The van der Waals surface area contributed by atoms with Crippen LogP contribution < -0.4 is 4.74 Å². The van der Waals surface area contributed by atoms with Crippen LogP contribution in [-0.2, 0) is 0 Å². The molecule has 1 unspecified atom stereocenters. The SMILES string of the molecule is C=CCOc1ccc(-c2ccc(-c3ccc(C4=CCC(CCCCCCCC)CC4)c(F)c3F)cc2)c(F)c1F. The Balaban J connectivity index is 1.43. The molecule has 1 atom stereocenters. The second kappa shape index (κ2) is 14.3. The highest BCUT2D eigenvalue weighted by Crippen LogP contribution is 2.37. The van der Waals surface area contributed by atoms with Gasteiger partial charge in [0.05, 0.1) is 0 Å². The van der Waals surface area contributed by atoms with Crippen molar-refractivity contribution in [3.8, 4) is 28.0 Å². The summed E-state index contributed by atoms with van der Waals surface area (Å²) in [4.78, 5) is 0. The van der Waals surface area contributed by atoms with Crippen molar-refractivity contribution in [3.63, 3.8) is 0 Å². The van der Waals surface area contributed by atoms with E-state index in [0.717, 1.165) is 24.8 Å². The average Bonchev–Trinajstić information content (AvgIpc) is 2.98. The smallest absolute Gasteiger partial charge is 0.201 e. The lowest BCUT2D eigenvalue weighted by Crippen LogP contribution is -2.07. The molecule has 0 aliphatic heterocycles. The fraction of sp³-hybridized carbons (Fsp3) is 0.371. The summed E-state index contributed by atoms with van der Waals surface area (Å²) in [6.07, 6.45) is 15.1. The molecule has 0 spiro atoms. The highest BCUT2D eigenvalue weighted by atomic mass is 19.2. The lowest BCUT2D eigenvalue weighted by atomic mass is 9.83. The summed E-state index contributed by atoms with van der Waals surface area (Å²) < 4.78 is 64.7. The van der Waals surface area contributed by atoms with Crippen molar-refractivity contribution in [2.75, 3.05) is 6.61 Å². The molecule has 0 bridgehead atoms. The van der Waals surface area contributed by atoms with Crippen LogP contribution in [0.4, 0.5) is 17.6 Å². The molecule has 0 radical (unpaired) electrons. The Morgan fingerprint density at radius 3 is 1.95 bits per heavy atom. The molecule has 1 aliphatic rings. The quantitative estimate of drug-likeness (QED) is 0.117. The van der Waals surface area contributed by atoms with Crippen LogP contribution in [0.15, 0.2) is 67.3 Å². The molecular weight excluding hydrogens is 512 g/mol. The Labute approximate surface area is 235 Å². The normalized spacial score (nSPS) is 15.1. The average molecular weight is 551 g/mol. The Morgan fingerprint density at radius 2 is 1.32 bits per heavy atom. The first-order valence-electron chi connectivity index (χ1n) is 14.4. The zero-order valence-electron chi connectivity index (χ0n) is 23.3. The molecule has 0 saturated heterocycles. The van der Waals surface area contributed by atoms with E-state index in [0.29, 0.717) is 22.6 Å². The highest BCUT2D eigenvalue weighted by Gasteiger charge is 2.21. The van der Waals surface area contributed by atoms with E-state index < -0.39 is 23.3 Å². The van der Waals surface area contributed by atoms with Crippen molar-refractivity contribution >= 4 is 5.57 Å². The number of hydrogen-bond donors (Lipinski definition) is 0. The molecule has 212 valence electrons. The first-order valence-corrected chi connectivity index (χ1v) is 14.4. The Hall–Kier alpha value is -3.34. The first kappa shape index (κ1) is 29.6. The molecule has 0 fully saturated rings. The Kier molecular flexibility index (Phi) is 10.6. The second-order valence-electron chi connectivity index (χ2n) is 10.6. The standard InChI is InChI=1S/C35H38F4O/c1-3-5-6-7-8-9-10-24-11-13-25(14-12-24)28-19-20-29(33(37)32(28)36)26-15-17-27(18-16-26)30-21-22-31(40-23-4-2)35(39)34(30)38/h4,13,15-22,24H,2-3,5-12,14,23H2,1H3. The molecule has 0 heterocycles. The number of rotatable bonds is 13. The van der Waals surface area contributed by atoms with Crippen LogP contribution >= 0.6 is 0 Å². The van der Waals surface area contributed by atoms with Gasteiger partial charge in [-0.25, -0.2) is 13.2 Å². The zero-order valence-corrected chi connectivity index (χ0v) is 23.3. The van der Waals surface area contributed by atoms with Crippen LogP contribution in [0.25, 0.3) is 27.8 Å². The summed E-state index contributed by atoms with van der Waals surface area (Å²) in [6.45, 7) is 5.78. The third-order valence-corrected chi connectivity index (χ3v) is 7.82. The maximum Gasteiger partial charge on any atom is 0.201 e. The summed E-state index contributed by atoms with van der Waals surface area (Å²) in [5.74, 6) is -3.44. The number of hydrogen-bond acceptors (Lipinski definition) is 1. The van der Waals surface area contributed by atoms with E-state index in [2.05, 4.69) is 19.6 Å². The molecule has 0 amide bonds. The van der Waals surface area contributed by atoms with Gasteiger partial charge in [0.1, 0.15) is 6.61 Å². The molecule has 1 aliphatic carbocycles. The minimum Gasteiger partial charge on any atom is -0.486 e. The summed E-state index contributed by atoms with van der Waals surface area (Å²) in [7, 11) is 0. The van der Waals surface area contributed by atoms with Gasteiger partial charge in [-0.2, -0.15) is 4.39 Å². The van der Waals surface area contributed by atoms with Gasteiger partial charge in [0.2, 0.25) is 5.82 Å². The third-order valence-electron chi connectivity index (χ3n) is 7.82. The van der Waals surface area contributed by atoms with Gasteiger partial charge in [0, 0.05) is 16.7 Å². The first-order chi connectivity index (χ1) is 19.4. The van der Waals surface area contributed by atoms with E-state index in [-0.39, 0.29) is 23.5 Å². The van der Waals surface area contributed by atoms with Gasteiger partial charge in [-0.15, -0.1) is 0 Å². The van der Waals surface area contributed by atoms with Crippen molar-refractivity contribution in [1.82, 2.24) is 0 Å². The monoisotopic (exact) mass is 550 g/mol. The summed E-state index contributed by atoms with van der Waals surface area (Å²) in [6, 6.07) is 12.3. The third kappa shape index (κ3) is 7.04. The minimum atomic E-state index is -1.09. The van der Waals surface area contributed by atoms with E-state index in [4.69, 9.17) is 4.74 Å². The molecule has 0 N–H and O–H groups in total. The molecule has 4 rings (SSSR count). The number of halogens is 4. The van der Waals surface area contributed by atoms with E-state index in [1.54, 1.807) is 36.4 Å². The van der Waals surface area contributed by atoms with Crippen molar-refractivity contribution in [2.45, 2.75) is 71.1 Å². The zero-order chi connectivity index (χ0) is 28.5. The van der Waals surface area contributed by atoms with Gasteiger partial charge in [-0.1, -0.05) is 107 Å². The Bertz CT molecular complexity index is 1330. The largest absolute Gasteiger partial charge is 0.486 e. The van der Waals surface area contributed by atoms with Crippen molar-refractivity contribution < 1.29 is 22.3 Å². The van der Waals surface area contributed by atoms with Gasteiger partial charge in [0.25, 0.3) is 0 Å². The lowest BCUT2D eigenvalue weighted by molar-refractivity contribution is 0.333. The van der Waals surface area contributed by atoms with Crippen LogP contribution in [-0.4, -0.2) is 6.61 Å². The molecule has 0 saturated carbocycles. The number of unbranched alkanes of at least 4 members (excludes halogenated alkanes) is 5. The van der Waals surface area contributed by atoms with Crippen molar-refractivity contribution in [3.05, 3.63) is 96.1 Å². The van der Waals surface area contributed by atoms with Gasteiger partial charge >= 0.3 is 0 Å². The van der Waals surface area contributed by atoms with Crippen molar-refractivity contribution in [2.24, 2.45) is 5.92 Å². The number of allylic oxidation sites excluding steroid dienone is 2. The lowest BCUT2D eigenvalue weighted by Gasteiger charge is -2.23. The molecule has 1 nitrogen and oxygen atoms in total. The topological polar surface area (TPSA) is 9.23 Å². The number of ether oxygens (including phenoxy) is 1. The van der Waals surface area contributed by atoms with Crippen LogP contribution in [0.1, 0.15) is 76.7 Å². The van der Waals surface area contributed by atoms with Gasteiger partial charge in [0.15, 0.2) is 23.2 Å². The van der Waals surface area contributed by atoms with Gasteiger partial charge in [-0.05, 0) is 54.0 Å². The summed E-state index contributed by atoms with van der Waals surface area (Å²) in [5.41, 5.74) is 2.25. The van der Waals surface area contributed by atoms with E-state index >= 15 is 8.78 Å². The fourth-order valence-corrected chi connectivity index (χ4v) is 5.47. The fourth-order valence-electron chi connectivity index (χ4n) is 5.47. The Morgan fingerprint density at radius 1 is 0.750 bits per heavy atom. The molecular formula is C35H38F4O. The predicted octanol–water partition coefficient (Wildman–Crippen LogP) is 11.1. The second-order valence-corrected chi connectivity index (χ2v) is 10.6.